The van der Waals surface area contributed by atoms with E-state index in [2.05, 4.69) is 48.0 Å². The van der Waals surface area contributed by atoms with Gasteiger partial charge in [-0.3, -0.25) is 4.98 Å². The summed E-state index contributed by atoms with van der Waals surface area (Å²) in [5.74, 6) is 0.912. The summed E-state index contributed by atoms with van der Waals surface area (Å²) >= 11 is 0. The Bertz CT molecular complexity index is 393. The van der Waals surface area contributed by atoms with Crippen LogP contribution in [0.4, 0.5) is 5.82 Å². The maximum atomic E-state index is 5.40. The van der Waals surface area contributed by atoms with Gasteiger partial charge < -0.3 is 15.0 Å². The molecule has 5 nitrogen and oxygen atoms in total. The summed E-state index contributed by atoms with van der Waals surface area (Å²) in [5.41, 5.74) is 1.06. The van der Waals surface area contributed by atoms with Gasteiger partial charge in [-0.1, -0.05) is 0 Å². The zero-order valence-electron chi connectivity index (χ0n) is 12.3. The third-order valence-electron chi connectivity index (χ3n) is 3.31. The zero-order chi connectivity index (χ0) is 13.9. The van der Waals surface area contributed by atoms with Crippen LogP contribution < -0.4 is 10.2 Å². The third kappa shape index (κ3) is 4.14. The second-order valence-corrected chi connectivity index (χ2v) is 6.10. The van der Waals surface area contributed by atoms with Crippen molar-refractivity contribution in [3.63, 3.8) is 0 Å². The molecule has 1 atom stereocenters. The van der Waals surface area contributed by atoms with Crippen molar-refractivity contribution in [2.24, 2.45) is 0 Å². The van der Waals surface area contributed by atoms with E-state index in [1.54, 1.807) is 0 Å². The van der Waals surface area contributed by atoms with Gasteiger partial charge in [0.05, 0.1) is 30.7 Å². The first-order valence-electron chi connectivity index (χ1n) is 6.82. The maximum absolute atomic E-state index is 5.40. The number of aromatic nitrogens is 2. The topological polar surface area (TPSA) is 50.3 Å². The predicted octanol–water partition coefficient (Wildman–Crippen LogP) is 1.59. The molecule has 1 fully saturated rings. The van der Waals surface area contributed by atoms with Crippen LogP contribution in [0.3, 0.4) is 0 Å². The average Bonchev–Trinajstić information content (AvgIpc) is 2.89. The second-order valence-electron chi connectivity index (χ2n) is 6.10. The van der Waals surface area contributed by atoms with Crippen molar-refractivity contribution in [1.29, 1.82) is 0 Å². The van der Waals surface area contributed by atoms with Crippen LogP contribution in [0.2, 0.25) is 0 Å². The molecule has 5 heteroatoms. The highest BCUT2D eigenvalue weighted by atomic mass is 16.5. The lowest BCUT2D eigenvalue weighted by molar-refractivity contribution is 0.193. The number of rotatable bonds is 4. The summed E-state index contributed by atoms with van der Waals surface area (Å²) in [4.78, 5) is 11.1. The molecule has 1 N–H and O–H groups in total. The molecule has 0 spiro atoms. The van der Waals surface area contributed by atoms with Gasteiger partial charge in [-0.2, -0.15) is 0 Å². The van der Waals surface area contributed by atoms with E-state index in [4.69, 9.17) is 4.74 Å². The van der Waals surface area contributed by atoms with Gasteiger partial charge in [0, 0.05) is 25.7 Å². The van der Waals surface area contributed by atoms with Crippen LogP contribution >= 0.6 is 0 Å². The molecule has 0 bridgehead atoms. The van der Waals surface area contributed by atoms with Gasteiger partial charge in [0.1, 0.15) is 5.82 Å². The van der Waals surface area contributed by atoms with Crippen LogP contribution in [0.25, 0.3) is 0 Å². The number of ether oxygens (including phenoxy) is 1. The Morgan fingerprint density at radius 1 is 1.37 bits per heavy atom. The zero-order valence-corrected chi connectivity index (χ0v) is 12.3. The maximum Gasteiger partial charge on any atom is 0.147 e. The number of anilines is 1. The van der Waals surface area contributed by atoms with E-state index in [1.165, 1.54) is 0 Å². The van der Waals surface area contributed by atoms with Gasteiger partial charge >= 0.3 is 0 Å². The smallest absolute Gasteiger partial charge is 0.147 e. The minimum Gasteiger partial charge on any atom is -0.379 e. The number of nitrogens with zero attached hydrogens (tertiary/aromatic N) is 3. The van der Waals surface area contributed by atoms with E-state index < -0.39 is 0 Å². The Morgan fingerprint density at radius 3 is 2.68 bits per heavy atom. The molecular formula is C14H24N4O. The Morgan fingerprint density at radius 2 is 2.16 bits per heavy atom. The molecule has 19 heavy (non-hydrogen) atoms. The van der Waals surface area contributed by atoms with Crippen molar-refractivity contribution in [1.82, 2.24) is 15.3 Å². The van der Waals surface area contributed by atoms with Crippen LogP contribution in [0, 0.1) is 0 Å². The largest absolute Gasteiger partial charge is 0.379 e. The van der Waals surface area contributed by atoms with E-state index in [9.17, 15) is 0 Å². The van der Waals surface area contributed by atoms with E-state index in [0.717, 1.165) is 37.7 Å². The number of hydrogen-bond acceptors (Lipinski definition) is 5. The summed E-state index contributed by atoms with van der Waals surface area (Å²) in [6.07, 6.45) is 4.75. The molecule has 1 aromatic rings. The third-order valence-corrected chi connectivity index (χ3v) is 3.31. The van der Waals surface area contributed by atoms with Gasteiger partial charge in [-0.25, -0.2) is 4.98 Å². The van der Waals surface area contributed by atoms with Gasteiger partial charge in [0.25, 0.3) is 0 Å². The van der Waals surface area contributed by atoms with Crippen LogP contribution in [-0.2, 0) is 11.3 Å². The Hall–Kier alpha value is -1.20. The molecule has 106 valence electrons. The van der Waals surface area contributed by atoms with Crippen LogP contribution in [0.1, 0.15) is 32.9 Å². The standard InChI is InChI=1S/C14H24N4O/c1-14(2,3)17-8-11-7-16-13(9-15-11)18(4)12-5-6-19-10-12/h7,9,12,17H,5-6,8,10H2,1-4H3. The van der Waals surface area contributed by atoms with E-state index in [1.807, 2.05) is 12.4 Å². The molecule has 0 amide bonds. The minimum absolute atomic E-state index is 0.0956. The molecule has 0 aromatic carbocycles. The van der Waals surface area contributed by atoms with Gasteiger partial charge in [0.15, 0.2) is 0 Å². The lowest BCUT2D eigenvalue weighted by Crippen LogP contribution is -2.35. The average molecular weight is 264 g/mol. The highest BCUT2D eigenvalue weighted by Crippen LogP contribution is 2.17. The van der Waals surface area contributed by atoms with Crippen molar-refractivity contribution in [2.45, 2.75) is 45.3 Å². The first-order valence-corrected chi connectivity index (χ1v) is 6.82. The summed E-state index contributed by atoms with van der Waals surface area (Å²) in [7, 11) is 2.05. The molecule has 0 saturated carbocycles. The molecule has 1 saturated heterocycles. The monoisotopic (exact) mass is 264 g/mol. The second kappa shape index (κ2) is 5.84. The van der Waals surface area contributed by atoms with E-state index >= 15 is 0 Å². The van der Waals surface area contributed by atoms with Crippen molar-refractivity contribution in [2.75, 3.05) is 25.2 Å². The molecule has 1 aliphatic heterocycles. The summed E-state index contributed by atoms with van der Waals surface area (Å²) in [5, 5.41) is 3.41. The Kier molecular flexibility index (Phi) is 4.37. The lowest BCUT2D eigenvalue weighted by atomic mass is 10.1. The normalized spacial score (nSPS) is 19.7. The molecule has 0 radical (unpaired) electrons. The fraction of sp³-hybridized carbons (Fsp3) is 0.714. The van der Waals surface area contributed by atoms with Crippen LogP contribution in [-0.4, -0.2) is 41.8 Å². The molecule has 1 aliphatic rings. The summed E-state index contributed by atoms with van der Waals surface area (Å²) in [6, 6.07) is 0.424. The highest BCUT2D eigenvalue weighted by Gasteiger charge is 2.21. The summed E-state index contributed by atoms with van der Waals surface area (Å²) < 4.78 is 5.40. The van der Waals surface area contributed by atoms with Crippen molar-refractivity contribution >= 4 is 5.82 Å². The number of likely N-dealkylation sites (N-methyl/N-ethyl adjacent to an activating group) is 1. The Labute approximate surface area is 115 Å². The Balaban J connectivity index is 1.94. The fourth-order valence-electron chi connectivity index (χ4n) is 1.99. The SMILES string of the molecule is CN(c1cnc(CNC(C)(C)C)cn1)C1CCOC1. The number of hydrogen-bond donors (Lipinski definition) is 1. The molecule has 2 heterocycles. The van der Waals surface area contributed by atoms with E-state index in [-0.39, 0.29) is 5.54 Å². The molecule has 1 unspecified atom stereocenters. The lowest BCUT2D eigenvalue weighted by Gasteiger charge is -2.24. The van der Waals surface area contributed by atoms with Crippen molar-refractivity contribution < 1.29 is 4.74 Å². The fourth-order valence-corrected chi connectivity index (χ4v) is 1.99. The highest BCUT2D eigenvalue weighted by molar-refractivity contribution is 5.36. The molecule has 1 aromatic heterocycles. The van der Waals surface area contributed by atoms with Crippen LogP contribution in [0.5, 0.6) is 0 Å². The first kappa shape index (κ1) is 14.2. The van der Waals surface area contributed by atoms with Gasteiger partial charge in [-0.05, 0) is 27.2 Å². The minimum atomic E-state index is 0.0956. The van der Waals surface area contributed by atoms with Gasteiger partial charge in [-0.15, -0.1) is 0 Å². The van der Waals surface area contributed by atoms with E-state index in [0.29, 0.717) is 6.04 Å². The predicted molar refractivity (Wildman–Crippen MR) is 76.3 cm³/mol. The molecule has 0 aliphatic carbocycles. The summed E-state index contributed by atoms with van der Waals surface area (Å²) in [6.45, 7) is 8.79. The van der Waals surface area contributed by atoms with Crippen LogP contribution in [0.15, 0.2) is 12.4 Å². The molecular weight excluding hydrogens is 240 g/mol. The molecule has 2 rings (SSSR count). The first-order chi connectivity index (χ1) is 8.96. The van der Waals surface area contributed by atoms with Gasteiger partial charge in [0.2, 0.25) is 0 Å². The van der Waals surface area contributed by atoms with Crippen molar-refractivity contribution in [3.8, 4) is 0 Å². The quantitative estimate of drug-likeness (QED) is 0.895. The number of nitrogens with one attached hydrogen (secondary N) is 1. The van der Waals surface area contributed by atoms with Crippen molar-refractivity contribution in [3.05, 3.63) is 18.1 Å².